The highest BCUT2D eigenvalue weighted by atomic mass is 16.3. The molecular weight excluding hydrogens is 250 g/mol. The molecule has 0 aromatic carbocycles. The van der Waals surface area contributed by atoms with E-state index in [4.69, 9.17) is 0 Å². The van der Waals surface area contributed by atoms with Crippen LogP contribution < -0.4 is 0 Å². The summed E-state index contributed by atoms with van der Waals surface area (Å²) in [4.78, 5) is 7.11. The van der Waals surface area contributed by atoms with Gasteiger partial charge in [-0.25, -0.2) is 4.98 Å². The van der Waals surface area contributed by atoms with Crippen LogP contribution in [0.4, 0.5) is 0 Å². The van der Waals surface area contributed by atoms with Gasteiger partial charge in [-0.2, -0.15) is 0 Å². The molecule has 2 aromatic rings. The number of pyridine rings is 1. The van der Waals surface area contributed by atoms with E-state index in [0.717, 1.165) is 17.8 Å². The lowest BCUT2D eigenvalue weighted by molar-refractivity contribution is 0.110. The van der Waals surface area contributed by atoms with E-state index in [0.29, 0.717) is 17.8 Å². The first kappa shape index (κ1) is 13.4. The number of imidazole rings is 1. The van der Waals surface area contributed by atoms with Gasteiger partial charge in [0.2, 0.25) is 0 Å². The summed E-state index contributed by atoms with van der Waals surface area (Å²) >= 11 is 0. The van der Waals surface area contributed by atoms with Crippen molar-refractivity contribution in [2.24, 2.45) is 0 Å². The molecule has 1 atom stereocenters. The molecule has 1 aliphatic rings. The average Bonchev–Trinajstić information content (AvgIpc) is 2.84. The maximum atomic E-state index is 9.86. The lowest BCUT2D eigenvalue weighted by Gasteiger charge is -2.38. The summed E-state index contributed by atoms with van der Waals surface area (Å²) in [5.74, 6) is 1.35. The standard InChI is InChI=1S/C16H23N3O/c1-12(2)18-8-4-3-6-13(18)10-16-17-11-14-15(20)7-5-9-19(14)16/h5,7,9,11-13,20H,3-4,6,8,10H2,1-2H3. The van der Waals surface area contributed by atoms with Crippen molar-refractivity contribution in [2.45, 2.75) is 51.6 Å². The minimum Gasteiger partial charge on any atom is -0.506 e. The van der Waals surface area contributed by atoms with E-state index in [1.54, 1.807) is 12.3 Å². The van der Waals surface area contributed by atoms with Gasteiger partial charge in [-0.1, -0.05) is 6.42 Å². The molecule has 3 heterocycles. The molecule has 0 aliphatic carbocycles. The summed E-state index contributed by atoms with van der Waals surface area (Å²) in [6.45, 7) is 5.73. The summed E-state index contributed by atoms with van der Waals surface area (Å²) in [6, 6.07) is 4.73. The minimum absolute atomic E-state index is 0.301. The van der Waals surface area contributed by atoms with Gasteiger partial charge in [-0.3, -0.25) is 4.90 Å². The van der Waals surface area contributed by atoms with Crippen LogP contribution >= 0.6 is 0 Å². The highest BCUT2D eigenvalue weighted by Gasteiger charge is 2.25. The molecule has 1 fully saturated rings. The quantitative estimate of drug-likeness (QED) is 0.935. The van der Waals surface area contributed by atoms with Gasteiger partial charge in [0.25, 0.3) is 0 Å². The van der Waals surface area contributed by atoms with Crippen LogP contribution in [-0.4, -0.2) is 38.0 Å². The number of likely N-dealkylation sites (tertiary alicyclic amines) is 1. The normalized spacial score (nSPS) is 20.9. The van der Waals surface area contributed by atoms with Gasteiger partial charge < -0.3 is 9.51 Å². The van der Waals surface area contributed by atoms with Crippen LogP contribution in [0, 0.1) is 0 Å². The molecule has 1 unspecified atom stereocenters. The zero-order valence-corrected chi connectivity index (χ0v) is 12.3. The first-order valence-corrected chi connectivity index (χ1v) is 7.56. The Kier molecular flexibility index (Phi) is 3.66. The number of hydrogen-bond acceptors (Lipinski definition) is 3. The maximum Gasteiger partial charge on any atom is 0.141 e. The molecular formula is C16H23N3O. The molecule has 2 aromatic heterocycles. The van der Waals surface area contributed by atoms with Crippen molar-refractivity contribution >= 4 is 5.52 Å². The molecule has 0 bridgehead atoms. The Hall–Kier alpha value is -1.55. The third-order valence-electron chi connectivity index (χ3n) is 4.38. The van der Waals surface area contributed by atoms with Gasteiger partial charge >= 0.3 is 0 Å². The number of hydrogen-bond donors (Lipinski definition) is 1. The van der Waals surface area contributed by atoms with Gasteiger partial charge in [0.15, 0.2) is 0 Å². The Morgan fingerprint density at radius 2 is 2.25 bits per heavy atom. The smallest absolute Gasteiger partial charge is 0.141 e. The Morgan fingerprint density at radius 1 is 1.40 bits per heavy atom. The summed E-state index contributed by atoms with van der Waals surface area (Å²) < 4.78 is 2.02. The second-order valence-corrected chi connectivity index (χ2v) is 6.01. The molecule has 0 spiro atoms. The van der Waals surface area contributed by atoms with Crippen LogP contribution in [0.15, 0.2) is 24.5 Å². The maximum absolute atomic E-state index is 9.86. The van der Waals surface area contributed by atoms with Gasteiger partial charge in [-0.05, 0) is 45.4 Å². The van der Waals surface area contributed by atoms with Crippen molar-refractivity contribution in [3.63, 3.8) is 0 Å². The average molecular weight is 273 g/mol. The Morgan fingerprint density at radius 3 is 3.05 bits per heavy atom. The molecule has 0 amide bonds. The number of rotatable bonds is 3. The van der Waals surface area contributed by atoms with E-state index in [1.165, 1.54) is 25.8 Å². The van der Waals surface area contributed by atoms with E-state index < -0.39 is 0 Å². The van der Waals surface area contributed by atoms with Crippen LogP contribution in [0.5, 0.6) is 5.75 Å². The molecule has 0 saturated carbocycles. The minimum atomic E-state index is 0.301. The summed E-state index contributed by atoms with van der Waals surface area (Å²) in [7, 11) is 0. The molecule has 1 N–H and O–H groups in total. The summed E-state index contributed by atoms with van der Waals surface area (Å²) in [6.07, 6.45) is 8.56. The molecule has 0 radical (unpaired) electrons. The highest BCUT2D eigenvalue weighted by Crippen LogP contribution is 2.24. The van der Waals surface area contributed by atoms with Crippen LogP contribution in [0.2, 0.25) is 0 Å². The van der Waals surface area contributed by atoms with Crippen LogP contribution in [0.1, 0.15) is 38.9 Å². The van der Waals surface area contributed by atoms with Crippen molar-refractivity contribution in [3.8, 4) is 5.75 Å². The van der Waals surface area contributed by atoms with Gasteiger partial charge in [0.1, 0.15) is 17.1 Å². The van der Waals surface area contributed by atoms with Gasteiger partial charge in [-0.15, -0.1) is 0 Å². The van der Waals surface area contributed by atoms with E-state index in [1.807, 2.05) is 16.7 Å². The van der Waals surface area contributed by atoms with Crippen molar-refractivity contribution in [1.82, 2.24) is 14.3 Å². The fourth-order valence-corrected chi connectivity index (χ4v) is 3.34. The van der Waals surface area contributed by atoms with Gasteiger partial charge in [0.05, 0.1) is 6.20 Å². The topological polar surface area (TPSA) is 40.8 Å². The third kappa shape index (κ3) is 2.40. The summed E-state index contributed by atoms with van der Waals surface area (Å²) in [5.41, 5.74) is 0.800. The molecule has 3 rings (SSSR count). The second kappa shape index (κ2) is 5.44. The third-order valence-corrected chi connectivity index (χ3v) is 4.38. The monoisotopic (exact) mass is 273 g/mol. The molecule has 20 heavy (non-hydrogen) atoms. The van der Waals surface area contributed by atoms with Crippen LogP contribution in [0.25, 0.3) is 5.52 Å². The number of aromatic hydroxyl groups is 1. The number of aromatic nitrogens is 2. The zero-order valence-electron chi connectivity index (χ0n) is 12.3. The fraction of sp³-hybridized carbons (Fsp3) is 0.562. The van der Waals surface area contributed by atoms with Crippen LogP contribution in [-0.2, 0) is 6.42 Å². The Labute approximate surface area is 120 Å². The first-order valence-electron chi connectivity index (χ1n) is 7.56. The predicted octanol–water partition coefficient (Wildman–Crippen LogP) is 2.85. The highest BCUT2D eigenvalue weighted by molar-refractivity contribution is 5.58. The summed E-state index contributed by atoms with van der Waals surface area (Å²) in [5, 5.41) is 9.86. The fourth-order valence-electron chi connectivity index (χ4n) is 3.34. The Balaban J connectivity index is 1.86. The number of nitrogens with zero attached hydrogens (tertiary/aromatic N) is 3. The number of fused-ring (bicyclic) bond motifs is 1. The second-order valence-electron chi connectivity index (χ2n) is 6.01. The van der Waals surface area contributed by atoms with Crippen LogP contribution in [0.3, 0.4) is 0 Å². The first-order chi connectivity index (χ1) is 9.66. The van der Waals surface area contributed by atoms with E-state index in [-0.39, 0.29) is 0 Å². The molecule has 1 aliphatic heterocycles. The van der Waals surface area contributed by atoms with Crippen molar-refractivity contribution < 1.29 is 5.11 Å². The largest absolute Gasteiger partial charge is 0.506 e. The van der Waals surface area contributed by atoms with E-state index in [9.17, 15) is 5.11 Å². The van der Waals surface area contributed by atoms with Crippen molar-refractivity contribution in [1.29, 1.82) is 0 Å². The number of piperidine rings is 1. The molecule has 1 saturated heterocycles. The molecule has 4 heteroatoms. The van der Waals surface area contributed by atoms with E-state index >= 15 is 0 Å². The van der Waals surface area contributed by atoms with Crippen molar-refractivity contribution in [3.05, 3.63) is 30.4 Å². The van der Waals surface area contributed by atoms with Crippen molar-refractivity contribution in [2.75, 3.05) is 6.54 Å². The van der Waals surface area contributed by atoms with Gasteiger partial charge in [0, 0.05) is 24.7 Å². The molecule has 108 valence electrons. The predicted molar refractivity (Wildman–Crippen MR) is 80.0 cm³/mol. The lowest BCUT2D eigenvalue weighted by Crippen LogP contribution is -2.45. The molecule has 4 nitrogen and oxygen atoms in total. The zero-order chi connectivity index (χ0) is 14.1. The Bertz CT molecular complexity index is 590. The lowest BCUT2D eigenvalue weighted by atomic mass is 9.97. The van der Waals surface area contributed by atoms with E-state index in [2.05, 4.69) is 23.7 Å². The SMILES string of the molecule is CC(C)N1CCCCC1Cc1ncc2c(O)cccn12.